The van der Waals surface area contributed by atoms with Crippen molar-refractivity contribution in [2.75, 3.05) is 26.2 Å². The van der Waals surface area contributed by atoms with E-state index in [1.54, 1.807) is 0 Å². The fourth-order valence-corrected chi connectivity index (χ4v) is 6.89. The second-order valence-corrected chi connectivity index (χ2v) is 11.2. The molecule has 4 aliphatic rings. The van der Waals surface area contributed by atoms with E-state index in [9.17, 15) is 4.79 Å². The number of rotatable bonds is 6. The molecule has 1 aliphatic carbocycles. The smallest absolute Gasteiger partial charge is 0.317 e. The summed E-state index contributed by atoms with van der Waals surface area (Å²) in [7, 11) is 0. The summed E-state index contributed by atoms with van der Waals surface area (Å²) in [6.45, 7) is 4.50. The molecule has 0 amide bonds. The van der Waals surface area contributed by atoms with E-state index in [1.165, 1.54) is 44.3 Å². The Kier molecular flexibility index (Phi) is 8.43. The van der Waals surface area contributed by atoms with Crippen molar-refractivity contribution in [2.45, 2.75) is 69.3 Å². The molecule has 3 aliphatic heterocycles. The zero-order valence-electron chi connectivity index (χ0n) is 20.1. The largest absolute Gasteiger partial charge is 1.00 e. The number of hydrogen-bond donors (Lipinski definition) is 0. The molecule has 2 bridgehead atoms. The molecule has 1 atom stereocenters. The molecule has 4 fully saturated rings. The lowest BCUT2D eigenvalue weighted by atomic mass is 9.74. The van der Waals surface area contributed by atoms with E-state index in [2.05, 4.69) is 36.4 Å². The molecule has 1 saturated carbocycles. The summed E-state index contributed by atoms with van der Waals surface area (Å²) in [5.41, 5.74) is 2.00. The number of carbonyl (C=O) groups excluding carboxylic acids is 1. The summed E-state index contributed by atoms with van der Waals surface area (Å²) in [5, 5.41) is 0.811. The van der Waals surface area contributed by atoms with Gasteiger partial charge in [0.2, 0.25) is 0 Å². The molecule has 34 heavy (non-hydrogen) atoms. The lowest BCUT2D eigenvalue weighted by Crippen LogP contribution is -3.00. The molecule has 0 spiro atoms. The Hall–Kier alpha value is -1.36. The molecule has 3 saturated heterocycles. The highest BCUT2D eigenvalue weighted by molar-refractivity contribution is 6.30. The molecule has 0 N–H and O–H groups in total. The van der Waals surface area contributed by atoms with Gasteiger partial charge in [-0.25, -0.2) is 0 Å². The van der Waals surface area contributed by atoms with Gasteiger partial charge < -0.3 is 26.2 Å². The maximum atomic E-state index is 13.9. The van der Waals surface area contributed by atoms with Crippen molar-refractivity contribution >= 4 is 17.6 Å². The molecule has 0 radical (unpaired) electrons. The van der Waals surface area contributed by atoms with Crippen LogP contribution in [0.4, 0.5) is 0 Å². The Balaban J connectivity index is 0.00000274. The van der Waals surface area contributed by atoms with Crippen LogP contribution in [0.5, 0.6) is 0 Å². The van der Waals surface area contributed by atoms with Crippen LogP contribution in [0, 0.1) is 5.92 Å². The second-order valence-electron chi connectivity index (χ2n) is 10.7. The van der Waals surface area contributed by atoms with Crippen molar-refractivity contribution in [3.63, 3.8) is 0 Å². The van der Waals surface area contributed by atoms with Crippen LogP contribution in [0.15, 0.2) is 54.6 Å². The van der Waals surface area contributed by atoms with E-state index in [1.807, 2.05) is 18.2 Å². The van der Waals surface area contributed by atoms with Crippen LogP contribution in [0.25, 0.3) is 0 Å². The number of piperidine rings is 3. The molecular formula is C29H37BrClNO2. The molecular weight excluding hydrogens is 510 g/mol. The van der Waals surface area contributed by atoms with Crippen LogP contribution >= 0.6 is 11.6 Å². The highest BCUT2D eigenvalue weighted by Gasteiger charge is 2.50. The number of quaternary nitrogens is 1. The molecule has 6 rings (SSSR count). The second kappa shape index (κ2) is 11.1. The number of carbonyl (C=O) groups is 1. The summed E-state index contributed by atoms with van der Waals surface area (Å²) >= 11 is 6.21. The molecule has 184 valence electrons. The van der Waals surface area contributed by atoms with Gasteiger partial charge in [0.25, 0.3) is 0 Å². The zero-order chi connectivity index (χ0) is 22.7. The van der Waals surface area contributed by atoms with Gasteiger partial charge in [0.1, 0.15) is 6.54 Å². The van der Waals surface area contributed by atoms with Crippen LogP contribution in [0.2, 0.25) is 5.02 Å². The van der Waals surface area contributed by atoms with Gasteiger partial charge in [0.05, 0.1) is 25.0 Å². The fraction of sp³-hybridized carbons (Fsp3) is 0.552. The Morgan fingerprint density at radius 1 is 0.971 bits per heavy atom. The third-order valence-electron chi connectivity index (χ3n) is 8.74. The average Bonchev–Trinajstić information content (AvgIpc) is 3.12. The summed E-state index contributed by atoms with van der Waals surface area (Å²) in [5.74, 6) is 0.570. The Labute approximate surface area is 220 Å². The zero-order valence-corrected chi connectivity index (χ0v) is 22.4. The lowest BCUT2D eigenvalue weighted by molar-refractivity contribution is -0.946. The molecule has 2 aromatic rings. The molecule has 3 nitrogen and oxygen atoms in total. The standard InChI is InChI=1S/C29H37ClNO2.BrH/c30-26-12-8-9-23(21-26)13-18-31-19-14-24(15-20-31)27(22-31)33-28(32)29(16-6-1-2-7-17-29)25-10-4-3-5-11-25;/h3-5,8-12,21,24,27H,1-2,6-7,13-20,22H2;1H/q+1;/p-1/t24?,27-,31?;/m0./s1. The van der Waals surface area contributed by atoms with E-state index in [0.717, 1.165) is 60.3 Å². The quantitative estimate of drug-likeness (QED) is 0.316. The van der Waals surface area contributed by atoms with Crippen LogP contribution < -0.4 is 17.0 Å². The van der Waals surface area contributed by atoms with Gasteiger partial charge in [0, 0.05) is 30.2 Å². The van der Waals surface area contributed by atoms with Gasteiger partial charge in [-0.15, -0.1) is 0 Å². The number of fused-ring (bicyclic) bond motifs is 3. The summed E-state index contributed by atoms with van der Waals surface area (Å²) in [6.07, 6.45) is 9.93. The minimum atomic E-state index is -0.463. The first-order chi connectivity index (χ1) is 16.1. The fourth-order valence-electron chi connectivity index (χ4n) is 6.68. The average molecular weight is 547 g/mol. The van der Waals surface area contributed by atoms with Crippen LogP contribution in [0.3, 0.4) is 0 Å². The molecule has 3 heterocycles. The number of nitrogens with zero attached hydrogens (tertiary/aromatic N) is 1. The minimum Gasteiger partial charge on any atom is -1.00 e. The van der Waals surface area contributed by atoms with Crippen LogP contribution in [0.1, 0.15) is 62.5 Å². The highest BCUT2D eigenvalue weighted by atomic mass is 79.9. The van der Waals surface area contributed by atoms with Crippen molar-refractivity contribution in [1.29, 1.82) is 0 Å². The van der Waals surface area contributed by atoms with Crippen molar-refractivity contribution in [1.82, 2.24) is 0 Å². The van der Waals surface area contributed by atoms with E-state index in [4.69, 9.17) is 16.3 Å². The van der Waals surface area contributed by atoms with Crippen molar-refractivity contribution < 1.29 is 31.0 Å². The van der Waals surface area contributed by atoms with Crippen LogP contribution in [-0.2, 0) is 21.4 Å². The lowest BCUT2D eigenvalue weighted by Gasteiger charge is -2.52. The van der Waals surface area contributed by atoms with E-state index < -0.39 is 5.41 Å². The number of hydrogen-bond acceptors (Lipinski definition) is 2. The highest BCUT2D eigenvalue weighted by Crippen LogP contribution is 2.42. The number of benzene rings is 2. The van der Waals surface area contributed by atoms with Gasteiger partial charge in [-0.3, -0.25) is 4.79 Å². The maximum Gasteiger partial charge on any atom is 0.317 e. The van der Waals surface area contributed by atoms with Gasteiger partial charge in [-0.1, -0.05) is 79.7 Å². The topological polar surface area (TPSA) is 26.3 Å². The van der Waals surface area contributed by atoms with E-state index in [-0.39, 0.29) is 29.1 Å². The molecule has 0 unspecified atom stereocenters. The van der Waals surface area contributed by atoms with E-state index in [0.29, 0.717) is 5.92 Å². The number of ether oxygens (including phenoxy) is 1. The summed E-state index contributed by atoms with van der Waals surface area (Å²) in [6, 6.07) is 18.7. The predicted molar refractivity (Wildman–Crippen MR) is 133 cm³/mol. The van der Waals surface area contributed by atoms with Gasteiger partial charge in [-0.05, 0) is 36.1 Å². The Morgan fingerprint density at radius 3 is 2.35 bits per heavy atom. The van der Waals surface area contributed by atoms with Crippen LogP contribution in [-0.4, -0.2) is 42.7 Å². The van der Waals surface area contributed by atoms with Crippen molar-refractivity contribution in [2.24, 2.45) is 5.92 Å². The first kappa shape index (κ1) is 25.7. The maximum absolute atomic E-state index is 13.9. The number of esters is 1. The molecule has 0 aromatic heterocycles. The van der Waals surface area contributed by atoms with Gasteiger partial charge in [-0.2, -0.15) is 0 Å². The first-order valence-corrected chi connectivity index (χ1v) is 13.3. The minimum absolute atomic E-state index is 0. The number of halogens is 2. The van der Waals surface area contributed by atoms with Crippen molar-refractivity contribution in [3.05, 3.63) is 70.7 Å². The predicted octanol–water partition coefficient (Wildman–Crippen LogP) is 3.33. The third-order valence-corrected chi connectivity index (χ3v) is 8.97. The monoisotopic (exact) mass is 545 g/mol. The van der Waals surface area contributed by atoms with E-state index >= 15 is 0 Å². The SMILES string of the molecule is O=C(O[C@H]1C[N+]2(CCc3cccc(Cl)c3)CCC1CC2)C1(c2ccccc2)CCCCCC1.[Br-]. The summed E-state index contributed by atoms with van der Waals surface area (Å²) < 4.78 is 7.58. The normalized spacial score (nSPS) is 27.9. The summed E-state index contributed by atoms with van der Waals surface area (Å²) in [4.78, 5) is 13.9. The molecule has 2 aromatic carbocycles. The van der Waals surface area contributed by atoms with Gasteiger partial charge in [0.15, 0.2) is 6.10 Å². The van der Waals surface area contributed by atoms with Gasteiger partial charge >= 0.3 is 5.97 Å². The third kappa shape index (κ3) is 5.39. The van der Waals surface area contributed by atoms with Crippen molar-refractivity contribution in [3.8, 4) is 0 Å². The molecule has 5 heteroatoms. The Morgan fingerprint density at radius 2 is 1.68 bits per heavy atom. The Bertz CT molecular complexity index is 950. The first-order valence-electron chi connectivity index (χ1n) is 12.9.